The third-order valence-corrected chi connectivity index (χ3v) is 4.41. The number of carbonyl (C=O) groups is 1. The highest BCUT2D eigenvalue weighted by Crippen LogP contribution is 2.37. The lowest BCUT2D eigenvalue weighted by Gasteiger charge is -2.41. The number of fused-ring (bicyclic) bond motifs is 1. The molecule has 0 aromatic heterocycles. The summed E-state index contributed by atoms with van der Waals surface area (Å²) in [6, 6.07) is 0.604. The fourth-order valence-electron chi connectivity index (χ4n) is 3.43. The SMILES string of the molecule is Cl.O=C(C1CNC1)N1CCCC2CCCC21. The van der Waals surface area contributed by atoms with Crippen LogP contribution in [-0.4, -0.2) is 36.5 Å². The zero-order chi connectivity index (χ0) is 10.3. The molecule has 3 nitrogen and oxygen atoms in total. The molecule has 3 rings (SSSR count). The summed E-state index contributed by atoms with van der Waals surface area (Å²) in [4.78, 5) is 14.4. The maximum Gasteiger partial charge on any atom is 0.228 e. The van der Waals surface area contributed by atoms with Crippen LogP contribution in [-0.2, 0) is 4.79 Å². The van der Waals surface area contributed by atoms with Crippen molar-refractivity contribution in [1.29, 1.82) is 0 Å². The summed E-state index contributed by atoms with van der Waals surface area (Å²) >= 11 is 0. The number of hydrogen-bond donors (Lipinski definition) is 1. The predicted octanol–water partition coefficient (Wildman–Crippen LogP) is 1.42. The van der Waals surface area contributed by atoms with E-state index in [0.29, 0.717) is 17.9 Å². The number of carbonyl (C=O) groups excluding carboxylic acids is 1. The van der Waals surface area contributed by atoms with E-state index in [2.05, 4.69) is 10.2 Å². The summed E-state index contributed by atoms with van der Waals surface area (Å²) in [5, 5.41) is 3.19. The Morgan fingerprint density at radius 2 is 1.88 bits per heavy atom. The average molecular weight is 245 g/mol. The summed E-state index contributed by atoms with van der Waals surface area (Å²) in [5.41, 5.74) is 0. The molecule has 3 aliphatic rings. The van der Waals surface area contributed by atoms with Gasteiger partial charge in [-0.3, -0.25) is 4.79 Å². The summed E-state index contributed by atoms with van der Waals surface area (Å²) < 4.78 is 0. The maximum absolute atomic E-state index is 12.2. The van der Waals surface area contributed by atoms with Gasteiger partial charge in [0, 0.05) is 25.7 Å². The van der Waals surface area contributed by atoms with Gasteiger partial charge in [-0.1, -0.05) is 6.42 Å². The van der Waals surface area contributed by atoms with Crippen LogP contribution in [0.5, 0.6) is 0 Å². The van der Waals surface area contributed by atoms with E-state index in [1.54, 1.807) is 0 Å². The Morgan fingerprint density at radius 1 is 1.12 bits per heavy atom. The topological polar surface area (TPSA) is 32.3 Å². The quantitative estimate of drug-likeness (QED) is 0.757. The van der Waals surface area contributed by atoms with Crippen molar-refractivity contribution in [3.8, 4) is 0 Å². The van der Waals surface area contributed by atoms with Crippen molar-refractivity contribution in [3.05, 3.63) is 0 Å². The second-order valence-electron chi connectivity index (χ2n) is 5.29. The van der Waals surface area contributed by atoms with Crippen LogP contribution in [0.4, 0.5) is 0 Å². The minimum atomic E-state index is 0. The van der Waals surface area contributed by atoms with Crippen molar-refractivity contribution in [2.24, 2.45) is 11.8 Å². The number of nitrogens with one attached hydrogen (secondary N) is 1. The van der Waals surface area contributed by atoms with Crippen LogP contribution in [0.25, 0.3) is 0 Å². The standard InChI is InChI=1S/C12H20N2O.ClH/c15-12(10-7-13-8-10)14-6-2-4-9-3-1-5-11(9)14;/h9-11,13H,1-8H2;1H. The highest BCUT2D eigenvalue weighted by atomic mass is 35.5. The van der Waals surface area contributed by atoms with E-state index in [-0.39, 0.29) is 12.4 Å². The van der Waals surface area contributed by atoms with Crippen molar-refractivity contribution < 1.29 is 4.79 Å². The van der Waals surface area contributed by atoms with Gasteiger partial charge in [0.15, 0.2) is 0 Å². The van der Waals surface area contributed by atoms with E-state index >= 15 is 0 Å². The second-order valence-corrected chi connectivity index (χ2v) is 5.29. The zero-order valence-electron chi connectivity index (χ0n) is 9.65. The maximum atomic E-state index is 12.2. The Labute approximate surface area is 103 Å². The molecule has 1 amide bonds. The van der Waals surface area contributed by atoms with Crippen LogP contribution in [0, 0.1) is 11.8 Å². The molecule has 2 atom stereocenters. The van der Waals surface area contributed by atoms with Crippen molar-refractivity contribution in [2.45, 2.75) is 38.1 Å². The molecule has 2 heterocycles. The van der Waals surface area contributed by atoms with E-state index in [9.17, 15) is 4.79 Å². The van der Waals surface area contributed by atoms with Gasteiger partial charge >= 0.3 is 0 Å². The van der Waals surface area contributed by atoms with Gasteiger partial charge in [-0.15, -0.1) is 12.4 Å². The lowest BCUT2D eigenvalue weighted by atomic mass is 9.90. The number of piperidine rings is 1. The number of rotatable bonds is 1. The van der Waals surface area contributed by atoms with Crippen LogP contribution < -0.4 is 5.32 Å². The highest BCUT2D eigenvalue weighted by Gasteiger charge is 2.40. The fourth-order valence-corrected chi connectivity index (χ4v) is 3.43. The molecule has 3 fully saturated rings. The van der Waals surface area contributed by atoms with E-state index in [0.717, 1.165) is 25.6 Å². The number of amides is 1. The smallest absolute Gasteiger partial charge is 0.228 e. The fraction of sp³-hybridized carbons (Fsp3) is 0.917. The molecule has 2 aliphatic heterocycles. The van der Waals surface area contributed by atoms with Gasteiger partial charge in [-0.2, -0.15) is 0 Å². The normalized spacial score (nSPS) is 33.9. The highest BCUT2D eigenvalue weighted by molar-refractivity contribution is 5.85. The van der Waals surface area contributed by atoms with E-state index in [1.165, 1.54) is 32.1 Å². The van der Waals surface area contributed by atoms with Crippen LogP contribution in [0.15, 0.2) is 0 Å². The zero-order valence-corrected chi connectivity index (χ0v) is 10.5. The Kier molecular flexibility index (Phi) is 3.75. The number of likely N-dealkylation sites (tertiary alicyclic amines) is 1. The Hall–Kier alpha value is -0.280. The molecule has 0 aromatic carbocycles. The van der Waals surface area contributed by atoms with Gasteiger partial charge < -0.3 is 10.2 Å². The minimum Gasteiger partial charge on any atom is -0.339 e. The minimum absolute atomic E-state index is 0. The Bertz CT molecular complexity index is 268. The monoisotopic (exact) mass is 244 g/mol. The number of hydrogen-bond acceptors (Lipinski definition) is 2. The second kappa shape index (κ2) is 4.92. The van der Waals surface area contributed by atoms with E-state index in [4.69, 9.17) is 0 Å². The van der Waals surface area contributed by atoms with Crippen LogP contribution in [0.3, 0.4) is 0 Å². The molecule has 0 spiro atoms. The third kappa shape index (κ3) is 1.95. The van der Waals surface area contributed by atoms with Gasteiger partial charge in [-0.05, 0) is 31.6 Å². The van der Waals surface area contributed by atoms with Crippen molar-refractivity contribution in [1.82, 2.24) is 10.2 Å². The molecule has 0 bridgehead atoms. The first-order valence-electron chi connectivity index (χ1n) is 6.37. The van der Waals surface area contributed by atoms with E-state index in [1.807, 2.05) is 0 Å². The Balaban J connectivity index is 0.000000963. The molecular formula is C12H21ClN2O. The van der Waals surface area contributed by atoms with Gasteiger partial charge in [-0.25, -0.2) is 0 Å². The lowest BCUT2D eigenvalue weighted by Crippen LogP contribution is -2.56. The average Bonchev–Trinajstić information content (AvgIpc) is 2.61. The summed E-state index contributed by atoms with van der Waals surface area (Å²) in [6.07, 6.45) is 6.54. The molecule has 1 saturated carbocycles. The van der Waals surface area contributed by atoms with Gasteiger partial charge in [0.05, 0.1) is 5.92 Å². The first kappa shape index (κ1) is 12.2. The Morgan fingerprint density at radius 3 is 2.56 bits per heavy atom. The van der Waals surface area contributed by atoms with Crippen LogP contribution >= 0.6 is 12.4 Å². The van der Waals surface area contributed by atoms with Crippen molar-refractivity contribution in [3.63, 3.8) is 0 Å². The molecule has 0 radical (unpaired) electrons. The first-order chi connectivity index (χ1) is 7.36. The number of nitrogens with zero attached hydrogens (tertiary/aromatic N) is 1. The largest absolute Gasteiger partial charge is 0.339 e. The van der Waals surface area contributed by atoms with Crippen LogP contribution in [0.2, 0.25) is 0 Å². The molecule has 0 aromatic rings. The number of halogens is 1. The summed E-state index contributed by atoms with van der Waals surface area (Å²) in [6.45, 7) is 2.84. The van der Waals surface area contributed by atoms with Gasteiger partial charge in [0.1, 0.15) is 0 Å². The third-order valence-electron chi connectivity index (χ3n) is 4.41. The first-order valence-corrected chi connectivity index (χ1v) is 6.37. The van der Waals surface area contributed by atoms with E-state index < -0.39 is 0 Å². The summed E-state index contributed by atoms with van der Waals surface area (Å²) in [5.74, 6) is 1.56. The molecule has 2 saturated heterocycles. The van der Waals surface area contributed by atoms with Gasteiger partial charge in [0.2, 0.25) is 5.91 Å². The van der Waals surface area contributed by atoms with Gasteiger partial charge in [0.25, 0.3) is 0 Å². The molecular weight excluding hydrogens is 224 g/mol. The molecule has 4 heteroatoms. The van der Waals surface area contributed by atoms with Crippen molar-refractivity contribution in [2.75, 3.05) is 19.6 Å². The molecule has 92 valence electrons. The molecule has 1 aliphatic carbocycles. The predicted molar refractivity (Wildman–Crippen MR) is 65.7 cm³/mol. The van der Waals surface area contributed by atoms with Crippen LogP contribution in [0.1, 0.15) is 32.1 Å². The summed E-state index contributed by atoms with van der Waals surface area (Å²) in [7, 11) is 0. The molecule has 2 unspecified atom stereocenters. The molecule has 1 N–H and O–H groups in total. The van der Waals surface area contributed by atoms with Crippen molar-refractivity contribution >= 4 is 18.3 Å². The lowest BCUT2D eigenvalue weighted by molar-refractivity contribution is -0.141. The molecule has 16 heavy (non-hydrogen) atoms.